The van der Waals surface area contributed by atoms with Crippen LogP contribution in [0.3, 0.4) is 0 Å². The van der Waals surface area contributed by atoms with Crippen LogP contribution in [0.5, 0.6) is 0 Å². The number of rotatable bonds is 5. The molecule has 140 valence electrons. The fraction of sp³-hybridized carbons (Fsp3) is 0.250. The predicted octanol–water partition coefficient (Wildman–Crippen LogP) is 2.54. The van der Waals surface area contributed by atoms with Crippen LogP contribution in [0.15, 0.2) is 48.9 Å². The van der Waals surface area contributed by atoms with Crippen molar-refractivity contribution in [3.63, 3.8) is 0 Å². The van der Waals surface area contributed by atoms with Crippen LogP contribution < -0.4 is 5.32 Å². The highest BCUT2D eigenvalue weighted by Crippen LogP contribution is 2.18. The molecule has 0 saturated carbocycles. The number of nitrogens with one attached hydrogen (secondary N) is 1. The third-order valence-corrected chi connectivity index (χ3v) is 4.59. The standard InChI is InChI=1S/C20H23N5O2/c1-14-8-7-9-17(15(14)2)22-18(26)13-23(3)20(27)16-12-21-24(4)19(16)25-10-5-6-11-25/h5-12H,13H2,1-4H3,(H,22,26). The monoisotopic (exact) mass is 365 g/mol. The van der Waals surface area contributed by atoms with Gasteiger partial charge in [0.25, 0.3) is 5.91 Å². The van der Waals surface area contributed by atoms with Crippen LogP contribution in [-0.2, 0) is 11.8 Å². The van der Waals surface area contributed by atoms with Crippen molar-refractivity contribution in [2.24, 2.45) is 7.05 Å². The first kappa shape index (κ1) is 18.4. The number of carbonyl (C=O) groups excluding carboxylic acids is 2. The Kier molecular flexibility index (Phi) is 5.12. The zero-order chi connectivity index (χ0) is 19.6. The van der Waals surface area contributed by atoms with E-state index >= 15 is 0 Å². The maximum absolute atomic E-state index is 12.9. The number of hydrogen-bond acceptors (Lipinski definition) is 3. The van der Waals surface area contributed by atoms with Crippen molar-refractivity contribution in [1.82, 2.24) is 19.2 Å². The Bertz CT molecular complexity index is 972. The quantitative estimate of drug-likeness (QED) is 0.755. The molecule has 2 heterocycles. The van der Waals surface area contributed by atoms with Gasteiger partial charge in [0.1, 0.15) is 11.4 Å². The highest BCUT2D eigenvalue weighted by atomic mass is 16.2. The molecule has 0 aliphatic rings. The number of aryl methyl sites for hydroxylation is 2. The molecule has 2 amide bonds. The predicted molar refractivity (Wildman–Crippen MR) is 104 cm³/mol. The third-order valence-electron chi connectivity index (χ3n) is 4.59. The number of nitrogens with zero attached hydrogens (tertiary/aromatic N) is 4. The van der Waals surface area contributed by atoms with E-state index in [-0.39, 0.29) is 18.4 Å². The first-order valence-corrected chi connectivity index (χ1v) is 8.65. The smallest absolute Gasteiger partial charge is 0.259 e. The van der Waals surface area contributed by atoms with E-state index in [0.717, 1.165) is 16.8 Å². The maximum Gasteiger partial charge on any atom is 0.259 e. The molecular formula is C20H23N5O2. The summed E-state index contributed by atoms with van der Waals surface area (Å²) in [6.07, 6.45) is 5.22. The van der Waals surface area contributed by atoms with Crippen LogP contribution in [0, 0.1) is 13.8 Å². The third kappa shape index (κ3) is 3.76. The number of amides is 2. The molecule has 0 aliphatic heterocycles. The summed E-state index contributed by atoms with van der Waals surface area (Å²) < 4.78 is 3.46. The fourth-order valence-electron chi connectivity index (χ4n) is 2.93. The molecule has 0 saturated heterocycles. The molecule has 0 unspecified atom stereocenters. The Morgan fingerprint density at radius 2 is 1.85 bits per heavy atom. The number of aromatic nitrogens is 3. The van der Waals surface area contributed by atoms with Gasteiger partial charge in [0, 0.05) is 32.2 Å². The molecule has 27 heavy (non-hydrogen) atoms. The highest BCUT2D eigenvalue weighted by molar-refractivity contribution is 6.01. The summed E-state index contributed by atoms with van der Waals surface area (Å²) in [5, 5.41) is 7.07. The summed E-state index contributed by atoms with van der Waals surface area (Å²) in [5.74, 6) is 0.153. The van der Waals surface area contributed by atoms with Crippen molar-refractivity contribution >= 4 is 17.5 Å². The van der Waals surface area contributed by atoms with E-state index in [2.05, 4.69) is 10.4 Å². The van der Waals surface area contributed by atoms with E-state index in [0.29, 0.717) is 11.4 Å². The van der Waals surface area contributed by atoms with Crippen molar-refractivity contribution < 1.29 is 9.59 Å². The molecule has 7 nitrogen and oxygen atoms in total. The Morgan fingerprint density at radius 1 is 1.15 bits per heavy atom. The van der Waals surface area contributed by atoms with Crippen molar-refractivity contribution in [3.8, 4) is 5.82 Å². The summed E-state index contributed by atoms with van der Waals surface area (Å²) in [5.41, 5.74) is 3.32. The molecule has 0 fully saturated rings. The highest BCUT2D eigenvalue weighted by Gasteiger charge is 2.22. The SMILES string of the molecule is Cc1cccc(NC(=O)CN(C)C(=O)c2cnn(C)c2-n2cccc2)c1C. The molecule has 1 N–H and O–H groups in total. The van der Waals surface area contributed by atoms with Crippen molar-refractivity contribution in [3.05, 3.63) is 65.6 Å². The first-order valence-electron chi connectivity index (χ1n) is 8.65. The molecule has 0 aliphatic carbocycles. The zero-order valence-corrected chi connectivity index (χ0v) is 15.9. The molecule has 0 spiro atoms. The van der Waals surface area contributed by atoms with Crippen LogP contribution in [0.4, 0.5) is 5.69 Å². The van der Waals surface area contributed by atoms with Gasteiger partial charge in [-0.15, -0.1) is 0 Å². The van der Waals surface area contributed by atoms with Gasteiger partial charge in [-0.1, -0.05) is 12.1 Å². The van der Waals surface area contributed by atoms with E-state index in [1.807, 2.05) is 61.1 Å². The topological polar surface area (TPSA) is 72.2 Å². The van der Waals surface area contributed by atoms with Crippen molar-refractivity contribution in [1.29, 1.82) is 0 Å². The second kappa shape index (κ2) is 7.49. The molecule has 0 atom stereocenters. The van der Waals surface area contributed by atoms with Gasteiger partial charge in [-0.05, 0) is 43.2 Å². The van der Waals surface area contributed by atoms with Gasteiger partial charge in [0.2, 0.25) is 5.91 Å². The van der Waals surface area contributed by atoms with Gasteiger partial charge in [-0.25, -0.2) is 0 Å². The second-order valence-electron chi connectivity index (χ2n) is 6.55. The van der Waals surface area contributed by atoms with E-state index in [1.54, 1.807) is 18.8 Å². The lowest BCUT2D eigenvalue weighted by molar-refractivity contribution is -0.116. The molecule has 1 aromatic carbocycles. The van der Waals surface area contributed by atoms with Gasteiger partial charge in [-0.3, -0.25) is 14.3 Å². The van der Waals surface area contributed by atoms with Crippen LogP contribution >= 0.6 is 0 Å². The van der Waals surface area contributed by atoms with Crippen LogP contribution in [-0.4, -0.2) is 44.7 Å². The van der Waals surface area contributed by atoms with E-state index in [9.17, 15) is 9.59 Å². The normalized spacial score (nSPS) is 10.7. The van der Waals surface area contributed by atoms with Gasteiger partial charge in [-0.2, -0.15) is 5.10 Å². The average molecular weight is 365 g/mol. The van der Waals surface area contributed by atoms with Crippen LogP contribution in [0.25, 0.3) is 5.82 Å². The minimum absolute atomic E-state index is 0.0494. The number of likely N-dealkylation sites (N-methyl/N-ethyl adjacent to an activating group) is 1. The second-order valence-corrected chi connectivity index (χ2v) is 6.55. The minimum Gasteiger partial charge on any atom is -0.332 e. The number of anilines is 1. The van der Waals surface area contributed by atoms with E-state index in [4.69, 9.17) is 0 Å². The Labute approximate surface area is 158 Å². The Hall–Kier alpha value is -3.35. The summed E-state index contributed by atoms with van der Waals surface area (Å²) in [6, 6.07) is 9.50. The van der Waals surface area contributed by atoms with Crippen LogP contribution in [0.1, 0.15) is 21.5 Å². The molecule has 3 rings (SSSR count). The maximum atomic E-state index is 12.9. The lowest BCUT2D eigenvalue weighted by atomic mass is 10.1. The van der Waals surface area contributed by atoms with Gasteiger partial charge in [0.05, 0.1) is 12.7 Å². The molecule has 2 aromatic heterocycles. The van der Waals surface area contributed by atoms with Gasteiger partial charge >= 0.3 is 0 Å². The van der Waals surface area contributed by atoms with Crippen molar-refractivity contribution in [2.45, 2.75) is 13.8 Å². The number of hydrogen-bond donors (Lipinski definition) is 1. The molecule has 0 bridgehead atoms. The summed E-state index contributed by atoms with van der Waals surface area (Å²) in [6.45, 7) is 3.90. The molecule has 7 heteroatoms. The summed E-state index contributed by atoms with van der Waals surface area (Å²) in [4.78, 5) is 26.7. The zero-order valence-electron chi connectivity index (χ0n) is 15.9. The minimum atomic E-state index is -0.261. The average Bonchev–Trinajstić information content (AvgIpc) is 3.27. The lowest BCUT2D eigenvalue weighted by Crippen LogP contribution is -2.35. The number of carbonyl (C=O) groups is 2. The van der Waals surface area contributed by atoms with Gasteiger partial charge < -0.3 is 14.8 Å². The van der Waals surface area contributed by atoms with E-state index in [1.165, 1.54) is 11.1 Å². The molecule has 3 aromatic rings. The fourth-order valence-corrected chi connectivity index (χ4v) is 2.93. The van der Waals surface area contributed by atoms with Crippen LogP contribution in [0.2, 0.25) is 0 Å². The summed E-state index contributed by atoms with van der Waals surface area (Å²) >= 11 is 0. The Morgan fingerprint density at radius 3 is 2.56 bits per heavy atom. The Balaban J connectivity index is 1.73. The number of benzene rings is 1. The van der Waals surface area contributed by atoms with E-state index < -0.39 is 0 Å². The van der Waals surface area contributed by atoms with Gasteiger partial charge in [0.15, 0.2) is 0 Å². The van der Waals surface area contributed by atoms with Crippen molar-refractivity contribution in [2.75, 3.05) is 18.9 Å². The first-order chi connectivity index (χ1) is 12.9. The largest absolute Gasteiger partial charge is 0.332 e. The lowest BCUT2D eigenvalue weighted by Gasteiger charge is -2.18. The molecule has 0 radical (unpaired) electrons. The summed E-state index contributed by atoms with van der Waals surface area (Å²) in [7, 11) is 3.39. The molecular weight excluding hydrogens is 342 g/mol.